The second kappa shape index (κ2) is 9.22. The van der Waals surface area contributed by atoms with E-state index in [1.165, 1.54) is 18.4 Å². The smallest absolute Gasteiger partial charge is 0.431 e. The molecule has 0 fully saturated rings. The van der Waals surface area contributed by atoms with Crippen LogP contribution in [0.15, 0.2) is 12.1 Å². The Morgan fingerprint density at radius 1 is 1.11 bits per heavy atom. The van der Waals surface area contributed by atoms with Gasteiger partial charge in [-0.2, -0.15) is 26.3 Å². The van der Waals surface area contributed by atoms with Gasteiger partial charge >= 0.3 is 18.3 Å². The Hall–Kier alpha value is -1.36. The van der Waals surface area contributed by atoms with E-state index < -0.39 is 36.9 Å². The van der Waals surface area contributed by atoms with E-state index in [1.807, 2.05) is 0 Å². The van der Waals surface area contributed by atoms with Gasteiger partial charge in [0.15, 0.2) is 0 Å². The molecule has 1 atom stereocenters. The van der Waals surface area contributed by atoms with E-state index in [0.717, 1.165) is 4.88 Å². The van der Waals surface area contributed by atoms with E-state index in [-0.39, 0.29) is 18.8 Å². The molecule has 0 aliphatic carbocycles. The van der Waals surface area contributed by atoms with Gasteiger partial charge in [0, 0.05) is 22.2 Å². The van der Waals surface area contributed by atoms with Crippen molar-refractivity contribution in [2.24, 2.45) is 5.73 Å². The maximum atomic E-state index is 13.6. The second-order valence-corrected chi connectivity index (χ2v) is 7.23. The van der Waals surface area contributed by atoms with Crippen LogP contribution in [-0.2, 0) is 16.0 Å². The maximum absolute atomic E-state index is 13.6. The molecular formula is C16H20F7NO2S. The van der Waals surface area contributed by atoms with E-state index in [9.17, 15) is 35.5 Å². The van der Waals surface area contributed by atoms with Crippen LogP contribution >= 0.6 is 11.3 Å². The molecule has 3 nitrogen and oxygen atoms in total. The largest absolute Gasteiger partial charge is 0.469 e. The van der Waals surface area contributed by atoms with E-state index in [1.54, 1.807) is 12.1 Å². The van der Waals surface area contributed by atoms with Gasteiger partial charge in [-0.1, -0.05) is 0 Å². The summed E-state index contributed by atoms with van der Waals surface area (Å²) in [4.78, 5) is 12.5. The molecule has 11 heteroatoms. The first-order valence-electron chi connectivity index (χ1n) is 8.05. The van der Waals surface area contributed by atoms with Crippen molar-refractivity contribution in [1.82, 2.24) is 0 Å². The lowest BCUT2D eigenvalue weighted by Gasteiger charge is -2.30. The summed E-state index contributed by atoms with van der Waals surface area (Å²) in [5, 5.41) is 0. The minimum Gasteiger partial charge on any atom is -0.469 e. The van der Waals surface area contributed by atoms with Crippen molar-refractivity contribution >= 4 is 17.3 Å². The van der Waals surface area contributed by atoms with Crippen molar-refractivity contribution in [1.29, 1.82) is 0 Å². The SMILES string of the molecule is COC(=O)CCCc1ccc(C(N)CCCC(F)(C(F)(F)F)C(F)(F)F)s1. The first-order chi connectivity index (χ1) is 12.3. The normalized spacial score (nSPS) is 14.3. The molecule has 0 radical (unpaired) electrons. The first-order valence-corrected chi connectivity index (χ1v) is 8.87. The van der Waals surface area contributed by atoms with Crippen LogP contribution in [0, 0.1) is 0 Å². The highest BCUT2D eigenvalue weighted by molar-refractivity contribution is 7.12. The van der Waals surface area contributed by atoms with Crippen molar-refractivity contribution in [2.75, 3.05) is 7.11 Å². The highest BCUT2D eigenvalue weighted by Crippen LogP contribution is 2.49. The average Bonchev–Trinajstić information content (AvgIpc) is 3.01. The van der Waals surface area contributed by atoms with Crippen molar-refractivity contribution in [2.45, 2.75) is 62.6 Å². The number of thiophene rings is 1. The molecule has 1 aromatic heterocycles. The fourth-order valence-corrected chi connectivity index (χ4v) is 3.48. The lowest BCUT2D eigenvalue weighted by atomic mass is 9.95. The first kappa shape index (κ1) is 23.7. The van der Waals surface area contributed by atoms with Gasteiger partial charge < -0.3 is 10.5 Å². The summed E-state index contributed by atoms with van der Waals surface area (Å²) < 4.78 is 93.0. The van der Waals surface area contributed by atoms with Crippen LogP contribution in [0.4, 0.5) is 30.7 Å². The van der Waals surface area contributed by atoms with Crippen LogP contribution < -0.4 is 5.73 Å². The van der Waals surface area contributed by atoms with E-state index in [0.29, 0.717) is 17.7 Å². The van der Waals surface area contributed by atoms with Crippen LogP contribution in [0.3, 0.4) is 0 Å². The van der Waals surface area contributed by atoms with Gasteiger partial charge in [0.1, 0.15) is 0 Å². The van der Waals surface area contributed by atoms with Crippen molar-refractivity contribution in [3.8, 4) is 0 Å². The standard InChI is InChI=1S/C16H20F7NO2S/c1-26-13(25)6-2-4-10-7-8-12(27-10)11(24)5-3-9-14(17,15(18,19)20)16(21,22)23/h7-8,11H,2-6,9,24H2,1H3. The Bertz CT molecular complexity index is 599. The van der Waals surface area contributed by atoms with Gasteiger partial charge in [-0.25, -0.2) is 4.39 Å². The number of nitrogens with two attached hydrogens (primary N) is 1. The lowest BCUT2D eigenvalue weighted by molar-refractivity contribution is -0.343. The van der Waals surface area contributed by atoms with Gasteiger partial charge in [0.05, 0.1) is 7.11 Å². The fourth-order valence-electron chi connectivity index (χ4n) is 2.39. The zero-order valence-electron chi connectivity index (χ0n) is 14.4. The molecule has 1 unspecified atom stereocenters. The molecule has 27 heavy (non-hydrogen) atoms. The number of hydrogen-bond acceptors (Lipinski definition) is 4. The molecule has 1 heterocycles. The van der Waals surface area contributed by atoms with Gasteiger partial charge in [-0.3, -0.25) is 4.79 Å². The maximum Gasteiger partial charge on any atom is 0.431 e. The zero-order valence-corrected chi connectivity index (χ0v) is 15.2. The Morgan fingerprint density at radius 2 is 1.70 bits per heavy atom. The van der Waals surface area contributed by atoms with Gasteiger partial charge in [-0.15, -0.1) is 11.3 Å². The average molecular weight is 423 g/mol. The molecule has 0 amide bonds. The Morgan fingerprint density at radius 3 is 2.22 bits per heavy atom. The second-order valence-electron chi connectivity index (χ2n) is 6.03. The molecule has 0 aliphatic rings. The van der Waals surface area contributed by atoms with E-state index in [2.05, 4.69) is 4.74 Å². The van der Waals surface area contributed by atoms with Crippen LogP contribution in [0.1, 0.15) is 47.9 Å². The quantitative estimate of drug-likeness (QED) is 0.436. The van der Waals surface area contributed by atoms with Crippen LogP contribution in [-0.4, -0.2) is 31.1 Å². The van der Waals surface area contributed by atoms with E-state index >= 15 is 0 Å². The third-order valence-electron chi connectivity index (χ3n) is 4.01. The summed E-state index contributed by atoms with van der Waals surface area (Å²) in [6, 6.07) is 2.55. The topological polar surface area (TPSA) is 52.3 Å². The Kier molecular flexibility index (Phi) is 8.09. The van der Waals surface area contributed by atoms with E-state index in [4.69, 9.17) is 5.73 Å². The number of carbonyl (C=O) groups is 1. The molecule has 156 valence electrons. The van der Waals surface area contributed by atoms with Gasteiger partial charge in [0.25, 0.3) is 5.67 Å². The molecule has 0 saturated carbocycles. The molecule has 0 spiro atoms. The number of esters is 1. The zero-order chi connectivity index (χ0) is 20.9. The Balaban J connectivity index is 2.57. The molecule has 0 aromatic carbocycles. The highest BCUT2D eigenvalue weighted by atomic mass is 32.1. The number of ether oxygens (including phenoxy) is 1. The van der Waals surface area contributed by atoms with Crippen molar-refractivity contribution in [3.05, 3.63) is 21.9 Å². The molecule has 1 aromatic rings. The minimum atomic E-state index is -6.04. The number of carbonyl (C=O) groups excluding carboxylic acids is 1. The van der Waals surface area contributed by atoms with Crippen LogP contribution in [0.25, 0.3) is 0 Å². The lowest BCUT2D eigenvalue weighted by Crippen LogP contribution is -2.53. The van der Waals surface area contributed by atoms with Crippen LogP contribution in [0.5, 0.6) is 0 Å². The van der Waals surface area contributed by atoms with Gasteiger partial charge in [-0.05, 0) is 44.2 Å². The highest BCUT2D eigenvalue weighted by Gasteiger charge is 2.71. The molecule has 0 aliphatic heterocycles. The summed E-state index contributed by atoms with van der Waals surface area (Å²) in [5.41, 5.74) is 0.564. The fraction of sp³-hybridized carbons (Fsp3) is 0.688. The number of alkyl halides is 7. The molecule has 0 saturated heterocycles. The molecule has 0 bridgehead atoms. The van der Waals surface area contributed by atoms with Crippen molar-refractivity contribution < 1.29 is 40.3 Å². The minimum absolute atomic E-state index is 0.222. The number of methoxy groups -OCH3 is 1. The number of aryl methyl sites for hydroxylation is 1. The summed E-state index contributed by atoms with van der Waals surface area (Å²) in [7, 11) is 1.27. The van der Waals surface area contributed by atoms with Gasteiger partial charge in [0.2, 0.25) is 0 Å². The predicted octanol–water partition coefficient (Wildman–Crippen LogP) is 5.25. The predicted molar refractivity (Wildman–Crippen MR) is 86.0 cm³/mol. The number of halogens is 7. The summed E-state index contributed by atoms with van der Waals surface area (Å²) in [6.07, 6.45) is -13.4. The monoisotopic (exact) mass is 423 g/mol. The number of hydrogen-bond donors (Lipinski definition) is 1. The molecule has 2 N–H and O–H groups in total. The third-order valence-corrected chi connectivity index (χ3v) is 5.29. The summed E-state index contributed by atoms with van der Waals surface area (Å²) in [5.74, 6) is -0.354. The third kappa shape index (κ3) is 6.34. The molecular weight excluding hydrogens is 403 g/mol. The Labute approximate surface area is 155 Å². The summed E-state index contributed by atoms with van der Waals surface area (Å²) >= 11 is 1.25. The molecule has 1 rings (SSSR count). The number of rotatable bonds is 9. The van der Waals surface area contributed by atoms with Crippen molar-refractivity contribution in [3.63, 3.8) is 0 Å². The van der Waals surface area contributed by atoms with Crippen LogP contribution in [0.2, 0.25) is 0 Å². The summed E-state index contributed by atoms with van der Waals surface area (Å²) in [6.45, 7) is 0.